The fourth-order valence-electron chi connectivity index (χ4n) is 2.70. The molecule has 3 aromatic rings. The highest BCUT2D eigenvalue weighted by atomic mass is 19.4. The first-order valence-corrected chi connectivity index (χ1v) is 8.45. The molecule has 3 rings (SSSR count). The molecule has 29 heavy (non-hydrogen) atoms. The van der Waals surface area contributed by atoms with E-state index in [0.29, 0.717) is 12.3 Å². The van der Waals surface area contributed by atoms with Gasteiger partial charge in [0.05, 0.1) is 11.1 Å². The summed E-state index contributed by atoms with van der Waals surface area (Å²) in [5, 5.41) is 2.10. The Hall–Kier alpha value is -3.53. The van der Waals surface area contributed by atoms with Gasteiger partial charge in [-0.2, -0.15) is 13.2 Å². The van der Waals surface area contributed by atoms with Gasteiger partial charge >= 0.3 is 6.18 Å². The van der Waals surface area contributed by atoms with Gasteiger partial charge in [-0.3, -0.25) is 15.1 Å². The average molecular weight is 405 g/mol. The largest absolute Gasteiger partial charge is 0.457 e. The first-order chi connectivity index (χ1) is 13.7. The third-order valence-electron chi connectivity index (χ3n) is 4.14. The van der Waals surface area contributed by atoms with Crippen LogP contribution < -0.4 is 21.5 Å². The Morgan fingerprint density at radius 2 is 1.86 bits per heavy atom. The number of aromatic nitrogens is 1. The lowest BCUT2D eigenvalue weighted by atomic mass is 10.1. The molecule has 0 bridgehead atoms. The number of benzene rings is 2. The molecular formula is C19H18F3N5O2. The molecule has 1 aromatic heterocycles. The molecule has 1 heterocycles. The third-order valence-corrected chi connectivity index (χ3v) is 4.14. The number of amides is 1. The van der Waals surface area contributed by atoms with Gasteiger partial charge in [-0.05, 0) is 29.8 Å². The molecule has 0 aliphatic heterocycles. The van der Waals surface area contributed by atoms with Crippen LogP contribution in [-0.2, 0) is 12.7 Å². The molecule has 2 aromatic carbocycles. The highest BCUT2D eigenvalue weighted by molar-refractivity contribution is 6.07. The number of H-pyrrole nitrogens is 1. The number of hydrogen-bond acceptors (Lipinski definition) is 4. The van der Waals surface area contributed by atoms with E-state index in [4.69, 9.17) is 16.2 Å². The van der Waals surface area contributed by atoms with Crippen LogP contribution in [-0.4, -0.2) is 23.9 Å². The van der Waals surface area contributed by atoms with Crippen LogP contribution in [0.2, 0.25) is 0 Å². The molecule has 0 aliphatic carbocycles. The Bertz CT molecular complexity index is 1070. The first kappa shape index (κ1) is 20.2. The van der Waals surface area contributed by atoms with Crippen molar-refractivity contribution >= 4 is 22.8 Å². The van der Waals surface area contributed by atoms with Crippen LogP contribution in [0.4, 0.5) is 13.2 Å². The maximum atomic E-state index is 13.6. The normalized spacial score (nSPS) is 12.2. The van der Waals surface area contributed by atoms with E-state index in [1.54, 1.807) is 24.3 Å². The van der Waals surface area contributed by atoms with E-state index in [0.717, 1.165) is 17.7 Å². The summed E-state index contributed by atoms with van der Waals surface area (Å²) in [7, 11) is 1.37. The summed E-state index contributed by atoms with van der Waals surface area (Å²) in [6.07, 6.45) is -4.65. The topological polar surface area (TPSA) is 119 Å². The predicted molar refractivity (Wildman–Crippen MR) is 103 cm³/mol. The molecule has 7 nitrogen and oxygen atoms in total. The van der Waals surface area contributed by atoms with Crippen molar-refractivity contribution in [2.75, 3.05) is 7.05 Å². The second kappa shape index (κ2) is 7.84. The second-order valence-electron chi connectivity index (χ2n) is 6.13. The van der Waals surface area contributed by atoms with Gasteiger partial charge in [-0.1, -0.05) is 12.1 Å². The van der Waals surface area contributed by atoms with Crippen LogP contribution in [0.25, 0.3) is 10.9 Å². The van der Waals surface area contributed by atoms with Crippen molar-refractivity contribution in [2.45, 2.75) is 12.7 Å². The number of ether oxygens (including phenoxy) is 1. The molecule has 6 N–H and O–H groups in total. The van der Waals surface area contributed by atoms with Crippen molar-refractivity contribution in [3.8, 4) is 11.5 Å². The second-order valence-corrected chi connectivity index (χ2v) is 6.13. The minimum Gasteiger partial charge on any atom is -0.457 e. The molecule has 152 valence electrons. The van der Waals surface area contributed by atoms with E-state index >= 15 is 0 Å². The van der Waals surface area contributed by atoms with E-state index < -0.39 is 17.6 Å². The number of aliphatic imine (C=N–C) groups is 1. The molecule has 0 radical (unpaired) electrons. The Morgan fingerprint density at radius 3 is 2.45 bits per heavy atom. The molecule has 0 aliphatic rings. The Kier molecular flexibility index (Phi) is 5.46. The summed E-state index contributed by atoms with van der Waals surface area (Å²) in [4.78, 5) is 18.4. The number of fused-ring (bicyclic) bond motifs is 1. The van der Waals surface area contributed by atoms with E-state index in [9.17, 15) is 18.0 Å². The summed E-state index contributed by atoms with van der Waals surface area (Å²) < 4.78 is 46.3. The summed E-state index contributed by atoms with van der Waals surface area (Å²) in [6, 6.07) is 10.0. The monoisotopic (exact) mass is 405 g/mol. The number of halogens is 3. The molecule has 0 atom stereocenters. The number of nitrogens with one attached hydrogen (secondary N) is 2. The van der Waals surface area contributed by atoms with Crippen molar-refractivity contribution in [2.24, 2.45) is 16.5 Å². The molecule has 0 unspecified atom stereocenters. The van der Waals surface area contributed by atoms with Crippen molar-refractivity contribution in [1.29, 1.82) is 0 Å². The van der Waals surface area contributed by atoms with Crippen molar-refractivity contribution < 1.29 is 22.7 Å². The van der Waals surface area contributed by atoms with E-state index in [-0.39, 0.29) is 28.3 Å². The molecule has 0 saturated heterocycles. The smallest absolute Gasteiger partial charge is 0.417 e. The third kappa shape index (κ3) is 4.49. The van der Waals surface area contributed by atoms with Gasteiger partial charge in [0.1, 0.15) is 17.2 Å². The summed E-state index contributed by atoms with van der Waals surface area (Å²) in [5.41, 5.74) is 10.9. The number of alkyl halides is 3. The Labute approximate surface area is 163 Å². The molecule has 0 spiro atoms. The first-order valence-electron chi connectivity index (χ1n) is 8.45. The number of rotatable bonds is 4. The maximum Gasteiger partial charge on any atom is 0.417 e. The van der Waals surface area contributed by atoms with E-state index in [1.165, 1.54) is 13.1 Å². The van der Waals surface area contributed by atoms with Crippen LogP contribution in [0.3, 0.4) is 0 Å². The molecule has 1 amide bonds. The molecule has 0 saturated carbocycles. The fraction of sp³-hybridized carbons (Fsp3) is 0.158. The van der Waals surface area contributed by atoms with Crippen LogP contribution in [0, 0.1) is 0 Å². The number of nitrogens with zero attached hydrogens (tertiary/aromatic N) is 1. The van der Waals surface area contributed by atoms with Crippen LogP contribution in [0.5, 0.6) is 11.5 Å². The number of carbonyl (C=O) groups excluding carboxylic acids is 1. The molecule has 10 heteroatoms. The van der Waals surface area contributed by atoms with Crippen molar-refractivity contribution in [1.82, 2.24) is 10.3 Å². The highest BCUT2D eigenvalue weighted by Gasteiger charge is 2.34. The minimum absolute atomic E-state index is 0.0335. The maximum absolute atomic E-state index is 13.6. The minimum atomic E-state index is -4.65. The van der Waals surface area contributed by atoms with Gasteiger partial charge in [0.25, 0.3) is 5.91 Å². The van der Waals surface area contributed by atoms with Gasteiger partial charge in [0.15, 0.2) is 5.96 Å². The zero-order valence-electron chi connectivity index (χ0n) is 15.3. The standard InChI is InChI=1S/C19H18F3N5O2/c1-25-18(24)27-17(28)16-8-13-14(19(20,21)22)6-12(7-15(13)26-16)29-11-4-2-10(9-23)3-5-11/h2-8,26H,9,23H2,1H3,(H3,24,25,27,28). The lowest BCUT2D eigenvalue weighted by Crippen LogP contribution is -2.36. The van der Waals surface area contributed by atoms with Gasteiger partial charge in [-0.15, -0.1) is 0 Å². The lowest BCUT2D eigenvalue weighted by Gasteiger charge is -2.12. The summed E-state index contributed by atoms with van der Waals surface area (Å²) in [6.45, 7) is 0.338. The molecule has 0 fully saturated rings. The van der Waals surface area contributed by atoms with Crippen LogP contribution in [0.15, 0.2) is 47.5 Å². The quantitative estimate of drug-likeness (QED) is 0.394. The van der Waals surface area contributed by atoms with E-state index in [2.05, 4.69) is 15.3 Å². The lowest BCUT2D eigenvalue weighted by molar-refractivity contribution is -0.136. The number of hydrogen-bond donors (Lipinski definition) is 4. The zero-order valence-corrected chi connectivity index (χ0v) is 15.3. The number of aromatic amines is 1. The SMILES string of the molecule is CN=C(N)NC(=O)c1cc2c(C(F)(F)F)cc(Oc3ccc(CN)cc3)cc2[nH]1. The molecular weight excluding hydrogens is 387 g/mol. The van der Waals surface area contributed by atoms with Gasteiger partial charge in [0.2, 0.25) is 0 Å². The average Bonchev–Trinajstić information content (AvgIpc) is 3.11. The van der Waals surface area contributed by atoms with E-state index in [1.807, 2.05) is 0 Å². The summed E-state index contributed by atoms with van der Waals surface area (Å²) in [5.74, 6) is -0.549. The number of nitrogens with two attached hydrogens (primary N) is 2. The highest BCUT2D eigenvalue weighted by Crippen LogP contribution is 2.39. The van der Waals surface area contributed by atoms with Gasteiger partial charge in [0, 0.05) is 25.0 Å². The van der Waals surface area contributed by atoms with Crippen LogP contribution in [0.1, 0.15) is 21.6 Å². The number of guanidine groups is 1. The Morgan fingerprint density at radius 1 is 1.17 bits per heavy atom. The van der Waals surface area contributed by atoms with Gasteiger partial charge in [-0.25, -0.2) is 0 Å². The Balaban J connectivity index is 2.02. The van der Waals surface area contributed by atoms with Crippen molar-refractivity contribution in [3.63, 3.8) is 0 Å². The summed E-state index contributed by atoms with van der Waals surface area (Å²) >= 11 is 0. The predicted octanol–water partition coefficient (Wildman–Crippen LogP) is 3.11. The number of carbonyl (C=O) groups is 1. The zero-order chi connectivity index (χ0) is 21.2. The van der Waals surface area contributed by atoms with Gasteiger partial charge < -0.3 is 21.2 Å². The van der Waals surface area contributed by atoms with Crippen molar-refractivity contribution in [3.05, 3.63) is 59.3 Å². The fourth-order valence-corrected chi connectivity index (χ4v) is 2.70. The van der Waals surface area contributed by atoms with Crippen LogP contribution >= 0.6 is 0 Å².